The van der Waals surface area contributed by atoms with Crippen LogP contribution < -0.4 is 5.73 Å². The zero-order valence-corrected chi connectivity index (χ0v) is 37.2. The molecule has 12 N–H and O–H groups in total. The molecule has 3 unspecified atom stereocenters. The molecule has 3 aliphatic heterocycles. The molecular weight excluding hydrogens is 819 g/mol. The van der Waals surface area contributed by atoms with Gasteiger partial charge in [0.2, 0.25) is 0 Å². The maximum atomic E-state index is 12.6. The Morgan fingerprint density at radius 1 is 0.603 bits per heavy atom. The van der Waals surface area contributed by atoms with Crippen LogP contribution in [0.5, 0.6) is 0 Å². The molecule has 3 heterocycles. The van der Waals surface area contributed by atoms with Crippen LogP contribution in [0.1, 0.15) is 86.0 Å². The summed E-state index contributed by atoms with van der Waals surface area (Å²) in [6, 6.07) is -1.05. The summed E-state index contributed by atoms with van der Waals surface area (Å²) in [6.07, 6.45) is 8.08. The molecule has 2 bridgehead atoms. The van der Waals surface area contributed by atoms with Gasteiger partial charge in [-0.05, 0) is 39.5 Å². The Balaban J connectivity index is 1.81. The van der Waals surface area contributed by atoms with Crippen LogP contribution in [-0.4, -0.2) is 155 Å². The van der Waals surface area contributed by atoms with Crippen molar-refractivity contribution in [3.05, 3.63) is 85.1 Å². The Hall–Kier alpha value is -2.91. The Morgan fingerprint density at radius 2 is 1.14 bits per heavy atom. The minimum Gasteiger partial charge on any atom is -0.462 e. The molecule has 3 aliphatic rings. The van der Waals surface area contributed by atoms with E-state index in [0.29, 0.717) is 0 Å². The lowest BCUT2D eigenvalue weighted by Crippen LogP contribution is -2.61. The first-order chi connectivity index (χ1) is 29.7. The molecule has 63 heavy (non-hydrogen) atoms. The summed E-state index contributed by atoms with van der Waals surface area (Å²) < 4.78 is 23.5. The van der Waals surface area contributed by atoms with Crippen molar-refractivity contribution in [2.45, 2.75) is 183 Å². The molecule has 16 heteroatoms. The van der Waals surface area contributed by atoms with E-state index in [0.717, 1.165) is 0 Å². The number of ether oxygens (including phenoxy) is 4. The van der Waals surface area contributed by atoms with Crippen LogP contribution in [-0.2, 0) is 23.7 Å². The highest BCUT2D eigenvalue weighted by atomic mass is 16.7. The fraction of sp³-hybridized carbons (Fsp3) is 0.681. The lowest BCUT2D eigenvalue weighted by molar-refractivity contribution is -0.310. The number of esters is 1. The topological polar surface area (TPSA) is 282 Å². The molecule has 0 spiro atoms. The minimum absolute atomic E-state index is 0.0428. The molecule has 0 saturated carbocycles. The van der Waals surface area contributed by atoms with E-state index in [4.69, 9.17) is 24.7 Å². The lowest BCUT2D eigenvalue weighted by atomic mass is 9.83. The third-order valence-electron chi connectivity index (χ3n) is 12.1. The zero-order chi connectivity index (χ0) is 46.9. The number of aliphatic hydroxyl groups is 10. The second kappa shape index (κ2) is 26.9. The molecule has 0 amide bonds. The normalized spacial score (nSPS) is 46.6. The van der Waals surface area contributed by atoms with Crippen molar-refractivity contribution in [3.63, 3.8) is 0 Å². The van der Waals surface area contributed by atoms with Gasteiger partial charge in [0.15, 0.2) is 12.1 Å². The van der Waals surface area contributed by atoms with Gasteiger partial charge in [0.25, 0.3) is 0 Å². The van der Waals surface area contributed by atoms with E-state index in [2.05, 4.69) is 0 Å². The van der Waals surface area contributed by atoms with E-state index in [9.17, 15) is 55.9 Å². The van der Waals surface area contributed by atoms with E-state index >= 15 is 0 Å². The predicted octanol–water partition coefficient (Wildman–Crippen LogP) is 1.65. The van der Waals surface area contributed by atoms with E-state index in [1.54, 1.807) is 58.1 Å². The van der Waals surface area contributed by atoms with Crippen molar-refractivity contribution in [1.29, 1.82) is 0 Å². The SMILES string of the molecule is CC1O[C@@H](O[C@H]2/C=C/C=C/C=C/C=C/C=C/C=C/C=C/[C@H](C)[C@@H](O)[C@@H](C)[C@H](C)OC(=O)C[C@H](O)C[C@H](O)C[C@H](O)CC[C@@H](O)[C@H](O)C[C@]3(O)C[C@H](O)[C@@H](C)[C@H](C2)O3)C(O)C(N)[C@@H]1O. The highest BCUT2D eigenvalue weighted by Crippen LogP contribution is 2.38. The third kappa shape index (κ3) is 18.5. The summed E-state index contributed by atoms with van der Waals surface area (Å²) in [5.41, 5.74) is 6.05. The largest absolute Gasteiger partial charge is 0.462 e. The average molecular weight is 894 g/mol. The van der Waals surface area contributed by atoms with E-state index in [1.807, 2.05) is 61.6 Å². The number of fused-ring (bicyclic) bond motifs is 2. The van der Waals surface area contributed by atoms with Crippen molar-refractivity contribution < 1.29 is 74.8 Å². The lowest BCUT2D eigenvalue weighted by Gasteiger charge is -2.46. The quantitative estimate of drug-likeness (QED) is 0.176. The summed E-state index contributed by atoms with van der Waals surface area (Å²) in [5.74, 6) is -4.01. The molecule has 0 radical (unpaired) electrons. The highest BCUT2D eigenvalue weighted by molar-refractivity contribution is 5.70. The minimum atomic E-state index is -2.08. The van der Waals surface area contributed by atoms with E-state index in [1.165, 1.54) is 0 Å². The summed E-state index contributed by atoms with van der Waals surface area (Å²) in [6.45, 7) is 8.60. The van der Waals surface area contributed by atoms with Crippen LogP contribution >= 0.6 is 0 Å². The van der Waals surface area contributed by atoms with E-state index in [-0.39, 0.29) is 44.4 Å². The number of hydrogen-bond acceptors (Lipinski definition) is 16. The fourth-order valence-corrected chi connectivity index (χ4v) is 7.79. The summed E-state index contributed by atoms with van der Waals surface area (Å²) >= 11 is 0. The van der Waals surface area contributed by atoms with Crippen LogP contribution in [0.15, 0.2) is 85.1 Å². The smallest absolute Gasteiger partial charge is 0.308 e. The first kappa shape index (κ1) is 54.4. The number of hydrogen-bond donors (Lipinski definition) is 11. The molecule has 0 aromatic rings. The second-order valence-corrected chi connectivity index (χ2v) is 17.6. The summed E-state index contributed by atoms with van der Waals surface area (Å²) in [4.78, 5) is 12.6. The predicted molar refractivity (Wildman–Crippen MR) is 235 cm³/mol. The van der Waals surface area contributed by atoms with Gasteiger partial charge in [-0.1, -0.05) is 106 Å². The molecule has 2 saturated heterocycles. The number of aliphatic hydroxyl groups excluding tert-OH is 9. The molecule has 3 rings (SSSR count). The number of cyclic esters (lactones) is 1. The van der Waals surface area contributed by atoms with Gasteiger partial charge in [-0.2, -0.15) is 0 Å². The number of rotatable bonds is 2. The maximum Gasteiger partial charge on any atom is 0.308 e. The Morgan fingerprint density at radius 3 is 1.75 bits per heavy atom. The van der Waals surface area contributed by atoms with Gasteiger partial charge in [0.1, 0.15) is 12.2 Å². The van der Waals surface area contributed by atoms with Gasteiger partial charge in [-0.15, -0.1) is 0 Å². The Kier molecular flexibility index (Phi) is 23.2. The second-order valence-electron chi connectivity index (χ2n) is 17.6. The highest BCUT2D eigenvalue weighted by Gasteiger charge is 2.47. The Bertz CT molecular complexity index is 1570. The van der Waals surface area contributed by atoms with Crippen LogP contribution in [0.4, 0.5) is 0 Å². The molecule has 0 aromatic carbocycles. The third-order valence-corrected chi connectivity index (χ3v) is 12.1. The van der Waals surface area contributed by atoms with Crippen LogP contribution in [0, 0.1) is 17.8 Å². The van der Waals surface area contributed by atoms with Crippen LogP contribution in [0.2, 0.25) is 0 Å². The molecule has 16 nitrogen and oxygen atoms in total. The maximum absolute atomic E-state index is 12.6. The van der Waals surface area contributed by atoms with Gasteiger partial charge >= 0.3 is 5.97 Å². The van der Waals surface area contributed by atoms with Gasteiger partial charge in [0, 0.05) is 37.0 Å². The van der Waals surface area contributed by atoms with Crippen molar-refractivity contribution in [2.24, 2.45) is 23.5 Å². The van der Waals surface area contributed by atoms with Crippen molar-refractivity contribution in [3.8, 4) is 0 Å². The van der Waals surface area contributed by atoms with Crippen molar-refractivity contribution >= 4 is 5.97 Å². The number of carbonyl (C=O) groups excluding carboxylic acids is 1. The van der Waals surface area contributed by atoms with Crippen molar-refractivity contribution in [1.82, 2.24) is 0 Å². The number of carbonyl (C=O) groups is 1. The van der Waals surface area contributed by atoms with Gasteiger partial charge in [0.05, 0.1) is 79.6 Å². The molecule has 19 atom stereocenters. The fourth-order valence-electron chi connectivity index (χ4n) is 7.79. The van der Waals surface area contributed by atoms with Crippen molar-refractivity contribution in [2.75, 3.05) is 0 Å². The number of nitrogens with two attached hydrogens (primary N) is 1. The van der Waals surface area contributed by atoms with E-state index < -0.39 is 128 Å². The molecule has 2 fully saturated rings. The average Bonchev–Trinajstić information content (AvgIpc) is 3.21. The molecule has 358 valence electrons. The molecule has 0 aliphatic carbocycles. The molecule has 0 aromatic heterocycles. The van der Waals surface area contributed by atoms with Gasteiger partial charge < -0.3 is 75.7 Å². The van der Waals surface area contributed by atoms with Gasteiger partial charge in [-0.3, -0.25) is 4.79 Å². The van der Waals surface area contributed by atoms with Gasteiger partial charge in [-0.25, -0.2) is 0 Å². The number of allylic oxidation sites excluding steroid dienone is 12. The first-order valence-corrected chi connectivity index (χ1v) is 22.2. The monoisotopic (exact) mass is 894 g/mol. The van der Waals surface area contributed by atoms with Crippen LogP contribution in [0.3, 0.4) is 0 Å². The standard InChI is InChI=1S/C47H75NO15/c1-28-18-16-14-12-10-8-6-7-9-11-13-15-17-19-36(62-46-45(58)42(48)44(57)32(5)61-46)25-40-30(3)38(53)26-47(59,63-40)27-39(54)37(52)21-20-33(49)22-34(50)23-35(51)24-41(55)60-31(4)29(2)43(28)56/h6-19,28-40,42-46,49-54,56-59H,20-27,48H2,1-5H3/b7-6+,10-8+,11-9+,14-12+,15-13+,18-16+,19-17+/t28-,29-,30+,31-,32?,33+,34+,35+,36-,37+,38-,39+,40-,42?,43+,44+,45?,46-,47-/m0/s1. The zero-order valence-electron chi connectivity index (χ0n) is 37.2. The summed E-state index contributed by atoms with van der Waals surface area (Å²) in [7, 11) is 0. The van der Waals surface area contributed by atoms with Crippen LogP contribution in [0.25, 0.3) is 0 Å². The molecular formula is C47H75NO15. The first-order valence-electron chi connectivity index (χ1n) is 22.2. The Labute approximate surface area is 372 Å². The summed E-state index contributed by atoms with van der Waals surface area (Å²) in [5, 5.41) is 108.